The number of rotatable bonds is 6. The van der Waals surface area contributed by atoms with Gasteiger partial charge in [0.05, 0.1) is 13.2 Å². The van der Waals surface area contributed by atoms with Crippen LogP contribution in [0.15, 0.2) is 28.2 Å². The molecule has 0 spiro atoms. The molecule has 0 N–H and O–H groups in total. The predicted octanol–water partition coefficient (Wildman–Crippen LogP) is -8.32. The van der Waals surface area contributed by atoms with Gasteiger partial charge in [-0.05, 0) is 12.1 Å². The molecule has 2 unspecified atom stereocenters. The fourth-order valence-corrected chi connectivity index (χ4v) is 2.34. The smallest absolute Gasteiger partial charge is 1.00 e. The SMILES string of the molecule is COCC1COC(c2cccc(C3=NC(COC)CO3)n2)=N1.[Cl-].[Cl-].[Cl-].[Nd+3]. The van der Waals surface area contributed by atoms with Gasteiger partial charge in [0.2, 0.25) is 11.8 Å². The van der Waals surface area contributed by atoms with E-state index < -0.39 is 0 Å². The minimum Gasteiger partial charge on any atom is -1.00 e. The molecule has 1 radical (unpaired) electrons. The van der Waals surface area contributed by atoms with Crippen molar-refractivity contribution >= 4 is 11.8 Å². The van der Waals surface area contributed by atoms with Gasteiger partial charge in [-0.2, -0.15) is 0 Å². The fourth-order valence-electron chi connectivity index (χ4n) is 2.34. The maximum Gasteiger partial charge on any atom is 3.00 e. The number of methoxy groups -OCH3 is 2. The van der Waals surface area contributed by atoms with Crippen LogP contribution in [0.2, 0.25) is 0 Å². The van der Waals surface area contributed by atoms with Crippen molar-refractivity contribution in [1.29, 1.82) is 0 Å². The zero-order chi connectivity index (χ0) is 15.4. The normalized spacial score (nSPS) is 20.1. The van der Waals surface area contributed by atoms with Crippen molar-refractivity contribution in [2.45, 2.75) is 12.1 Å². The van der Waals surface area contributed by atoms with Crippen LogP contribution in [0, 0.1) is 40.8 Å². The van der Waals surface area contributed by atoms with Gasteiger partial charge in [-0.3, -0.25) is 0 Å². The number of nitrogens with zero attached hydrogens (tertiary/aromatic N) is 3. The van der Waals surface area contributed by atoms with Crippen molar-refractivity contribution < 1.29 is 97.0 Å². The van der Waals surface area contributed by atoms with Crippen LogP contribution in [0.4, 0.5) is 0 Å². The summed E-state index contributed by atoms with van der Waals surface area (Å²) in [6.45, 7) is 2.11. The quantitative estimate of drug-likeness (QED) is 0.349. The summed E-state index contributed by atoms with van der Waals surface area (Å²) in [4.78, 5) is 13.5. The van der Waals surface area contributed by atoms with E-state index in [0.29, 0.717) is 49.6 Å². The third-order valence-electron chi connectivity index (χ3n) is 3.33. The summed E-state index contributed by atoms with van der Waals surface area (Å²) < 4.78 is 21.4. The molecule has 1 aromatic heterocycles. The molecule has 1 aromatic rings. The number of aliphatic imine (C=N–C) groups is 2. The van der Waals surface area contributed by atoms with Gasteiger partial charge in [-0.25, -0.2) is 15.0 Å². The number of aromatic nitrogens is 1. The van der Waals surface area contributed by atoms with Gasteiger partial charge >= 0.3 is 40.8 Å². The van der Waals surface area contributed by atoms with Crippen molar-refractivity contribution in [3.05, 3.63) is 29.6 Å². The summed E-state index contributed by atoms with van der Waals surface area (Å²) in [5.74, 6) is 1.08. The molecule has 0 aromatic carbocycles. The summed E-state index contributed by atoms with van der Waals surface area (Å²) in [6.07, 6.45) is 0. The van der Waals surface area contributed by atoms with E-state index in [1.165, 1.54) is 0 Å². The van der Waals surface area contributed by atoms with Gasteiger partial charge in [-0.1, -0.05) is 6.07 Å². The zero-order valence-corrected chi connectivity index (χ0v) is 19.8. The molecule has 0 bridgehead atoms. The Morgan fingerprint density at radius 1 is 0.885 bits per heavy atom. The van der Waals surface area contributed by atoms with Gasteiger partial charge in [0.1, 0.15) is 36.7 Å². The summed E-state index contributed by atoms with van der Waals surface area (Å²) >= 11 is 0. The third kappa shape index (κ3) is 7.33. The molecule has 0 saturated heterocycles. The van der Waals surface area contributed by atoms with Crippen molar-refractivity contribution in [2.75, 3.05) is 40.6 Å². The average molecular weight is 556 g/mol. The van der Waals surface area contributed by atoms with E-state index in [0.717, 1.165) is 0 Å². The van der Waals surface area contributed by atoms with Crippen LogP contribution in [-0.2, 0) is 18.9 Å². The predicted molar refractivity (Wildman–Crippen MR) is 80.5 cm³/mol. The molecule has 0 amide bonds. The molecule has 2 atom stereocenters. The fraction of sp³-hybridized carbons (Fsp3) is 0.533. The monoisotopic (exact) mass is 552 g/mol. The molecular formula is C15H19Cl3N3NdO4. The van der Waals surface area contributed by atoms with Crippen LogP contribution in [0.3, 0.4) is 0 Å². The first-order valence-electron chi connectivity index (χ1n) is 7.17. The molecule has 11 heteroatoms. The molecule has 0 aliphatic carbocycles. The molecule has 0 saturated carbocycles. The van der Waals surface area contributed by atoms with E-state index in [-0.39, 0.29) is 90.1 Å². The van der Waals surface area contributed by atoms with Crippen LogP contribution >= 0.6 is 0 Å². The Bertz CT molecular complexity index is 560. The maximum absolute atomic E-state index is 5.59. The van der Waals surface area contributed by atoms with Crippen LogP contribution in [-0.4, -0.2) is 69.5 Å². The Morgan fingerprint density at radius 3 is 1.69 bits per heavy atom. The molecule has 2 aliphatic rings. The second kappa shape index (κ2) is 14.3. The second-order valence-electron chi connectivity index (χ2n) is 5.12. The Hall–Kier alpha value is 0.231. The first-order valence-corrected chi connectivity index (χ1v) is 7.17. The first kappa shape index (κ1) is 28.4. The summed E-state index contributed by atoms with van der Waals surface area (Å²) in [5, 5.41) is 0. The van der Waals surface area contributed by atoms with Crippen LogP contribution < -0.4 is 37.2 Å². The van der Waals surface area contributed by atoms with Crippen LogP contribution in [0.1, 0.15) is 11.4 Å². The van der Waals surface area contributed by atoms with Crippen LogP contribution in [0.5, 0.6) is 0 Å². The molecule has 3 rings (SSSR count). The molecule has 26 heavy (non-hydrogen) atoms. The summed E-state index contributed by atoms with van der Waals surface area (Å²) in [5.41, 5.74) is 1.36. The van der Waals surface area contributed by atoms with E-state index in [1.807, 2.05) is 18.2 Å². The summed E-state index contributed by atoms with van der Waals surface area (Å²) in [7, 11) is 3.30. The van der Waals surface area contributed by atoms with E-state index in [1.54, 1.807) is 14.2 Å². The Balaban J connectivity index is 0. The van der Waals surface area contributed by atoms with Gasteiger partial charge in [0, 0.05) is 14.2 Å². The van der Waals surface area contributed by atoms with Crippen molar-refractivity contribution in [1.82, 2.24) is 4.98 Å². The standard InChI is InChI=1S/C15H19N3O4.3ClH.Nd/c1-19-6-10-8-21-14(16-10)12-4-3-5-13(18-12)15-17-11(7-20-2)9-22-15;;;;/h3-5,10-11H,6-9H2,1-2H3;3*1H;/q;;;;+3/p-3. The maximum atomic E-state index is 5.59. The van der Waals surface area contributed by atoms with Crippen molar-refractivity contribution in [3.63, 3.8) is 0 Å². The molecule has 0 fully saturated rings. The average Bonchev–Trinajstić information content (AvgIpc) is 3.18. The van der Waals surface area contributed by atoms with E-state index in [4.69, 9.17) is 18.9 Å². The topological polar surface area (TPSA) is 74.5 Å². The number of hydrogen-bond acceptors (Lipinski definition) is 7. The van der Waals surface area contributed by atoms with Gasteiger partial charge in [0.15, 0.2) is 0 Å². The van der Waals surface area contributed by atoms with Gasteiger partial charge in [-0.15, -0.1) is 0 Å². The molecule has 7 nitrogen and oxygen atoms in total. The zero-order valence-electron chi connectivity index (χ0n) is 14.3. The largest absolute Gasteiger partial charge is 3.00 e. The second-order valence-corrected chi connectivity index (χ2v) is 5.12. The number of hydrogen-bond donors (Lipinski definition) is 0. The molecule has 2 aliphatic heterocycles. The molecule has 3 heterocycles. The number of ether oxygens (including phenoxy) is 4. The van der Waals surface area contributed by atoms with Crippen molar-refractivity contribution in [3.8, 4) is 0 Å². The minimum atomic E-state index is 0. The summed E-state index contributed by atoms with van der Waals surface area (Å²) in [6, 6.07) is 5.66. The number of pyridine rings is 1. The Kier molecular flexibility index (Phi) is 15.6. The first-order chi connectivity index (χ1) is 10.8. The van der Waals surface area contributed by atoms with Gasteiger partial charge < -0.3 is 56.2 Å². The number of halogens is 3. The minimum absolute atomic E-state index is 0. The van der Waals surface area contributed by atoms with E-state index in [9.17, 15) is 0 Å². The molecular weight excluding hydrogens is 537 g/mol. The third-order valence-corrected chi connectivity index (χ3v) is 3.33. The van der Waals surface area contributed by atoms with Crippen molar-refractivity contribution in [2.24, 2.45) is 9.98 Å². The Labute approximate surface area is 204 Å². The Morgan fingerprint density at radius 2 is 1.31 bits per heavy atom. The molecule has 143 valence electrons. The van der Waals surface area contributed by atoms with Crippen LogP contribution in [0.25, 0.3) is 0 Å². The van der Waals surface area contributed by atoms with E-state index in [2.05, 4.69) is 15.0 Å². The van der Waals surface area contributed by atoms with E-state index >= 15 is 0 Å². The van der Waals surface area contributed by atoms with Gasteiger partial charge in [0.25, 0.3) is 0 Å².